The first-order chi connectivity index (χ1) is 45.6. The Bertz CT molecular complexity index is 5320. The molecule has 0 atom stereocenters. The van der Waals surface area contributed by atoms with Crippen LogP contribution in [-0.2, 0) is 5.41 Å². The highest BCUT2D eigenvalue weighted by Crippen LogP contribution is 2.61. The minimum absolute atomic E-state index is 0.654. The van der Waals surface area contributed by atoms with Gasteiger partial charge in [0.25, 0.3) is 0 Å². The van der Waals surface area contributed by atoms with Gasteiger partial charge in [-0.3, -0.25) is 0 Å². The van der Waals surface area contributed by atoms with E-state index in [1.807, 2.05) is 0 Å². The molecule has 17 rings (SSSR count). The second-order valence-corrected chi connectivity index (χ2v) is 24.0. The highest BCUT2D eigenvalue weighted by Gasteiger charge is 2.48. The number of para-hydroxylation sites is 3. The zero-order chi connectivity index (χ0) is 61.0. The SMILES string of the molecule is c1ccc(N(c2cccc(-c3c4ccccc4cc4ccccc34)c2)c2cccc(N(c3ccccc3)c3cc(-c4ccc5ccccc5c4)cc(N(c4ccccc4)c4cccc5c4-c4ccc6ccccc6c4C5(c4ccccc4)c4ccccc4)c3)c2)cc1. The van der Waals surface area contributed by atoms with Crippen LogP contribution in [0.5, 0.6) is 0 Å². The van der Waals surface area contributed by atoms with Gasteiger partial charge in [0, 0.05) is 51.1 Å². The molecule has 0 bridgehead atoms. The molecule has 92 heavy (non-hydrogen) atoms. The Kier molecular flexibility index (Phi) is 13.4. The van der Waals surface area contributed by atoms with Gasteiger partial charge in [-0.2, -0.15) is 0 Å². The molecule has 0 aromatic heterocycles. The molecule has 0 unspecified atom stereocenters. The summed E-state index contributed by atoms with van der Waals surface area (Å²) in [6, 6.07) is 136. The number of hydrogen-bond donors (Lipinski definition) is 0. The molecule has 0 N–H and O–H groups in total. The molecule has 16 aromatic carbocycles. The lowest BCUT2D eigenvalue weighted by Crippen LogP contribution is -2.29. The number of nitrogens with zero attached hydrogens (tertiary/aromatic N) is 3. The molecule has 0 heterocycles. The molecule has 0 fully saturated rings. The quantitative estimate of drug-likeness (QED) is 0.107. The Labute approximate surface area is 536 Å². The molecule has 3 nitrogen and oxygen atoms in total. The summed E-state index contributed by atoms with van der Waals surface area (Å²) in [5, 5.41) is 9.74. The summed E-state index contributed by atoms with van der Waals surface area (Å²) in [4.78, 5) is 7.36. The molecule has 3 heteroatoms. The Morgan fingerprint density at radius 3 is 1.24 bits per heavy atom. The van der Waals surface area contributed by atoms with E-state index in [-0.39, 0.29) is 0 Å². The molecular formula is C89H61N3. The summed E-state index contributed by atoms with van der Waals surface area (Å²) < 4.78 is 0. The van der Waals surface area contributed by atoms with E-state index in [4.69, 9.17) is 0 Å². The molecule has 0 saturated carbocycles. The summed E-state index contributed by atoms with van der Waals surface area (Å²) in [5.74, 6) is 0. The second-order valence-electron chi connectivity index (χ2n) is 24.0. The van der Waals surface area contributed by atoms with Crippen molar-refractivity contribution in [2.75, 3.05) is 14.7 Å². The Morgan fingerprint density at radius 2 is 0.630 bits per heavy atom. The van der Waals surface area contributed by atoms with Crippen molar-refractivity contribution in [3.63, 3.8) is 0 Å². The van der Waals surface area contributed by atoms with Crippen molar-refractivity contribution in [2.45, 2.75) is 5.41 Å². The largest absolute Gasteiger partial charge is 0.310 e. The number of anilines is 9. The van der Waals surface area contributed by atoms with Crippen molar-refractivity contribution in [2.24, 2.45) is 0 Å². The maximum atomic E-state index is 2.51. The zero-order valence-corrected chi connectivity index (χ0v) is 50.6. The highest BCUT2D eigenvalue weighted by atomic mass is 15.2. The van der Waals surface area contributed by atoms with Crippen molar-refractivity contribution < 1.29 is 0 Å². The van der Waals surface area contributed by atoms with Crippen LogP contribution in [0, 0.1) is 0 Å². The van der Waals surface area contributed by atoms with E-state index < -0.39 is 5.41 Å². The van der Waals surface area contributed by atoms with Crippen molar-refractivity contribution in [3.8, 4) is 33.4 Å². The van der Waals surface area contributed by atoms with Crippen LogP contribution in [0.3, 0.4) is 0 Å². The minimum atomic E-state index is -0.654. The van der Waals surface area contributed by atoms with E-state index in [1.165, 1.54) is 82.0 Å². The van der Waals surface area contributed by atoms with E-state index in [9.17, 15) is 0 Å². The van der Waals surface area contributed by atoms with Gasteiger partial charge in [0.2, 0.25) is 0 Å². The lowest BCUT2D eigenvalue weighted by atomic mass is 9.66. The van der Waals surface area contributed by atoms with Crippen LogP contribution in [0.15, 0.2) is 370 Å². The van der Waals surface area contributed by atoms with Crippen LogP contribution < -0.4 is 14.7 Å². The summed E-state index contributed by atoms with van der Waals surface area (Å²) >= 11 is 0. The van der Waals surface area contributed by atoms with Gasteiger partial charge in [-0.1, -0.05) is 267 Å². The van der Waals surface area contributed by atoms with Crippen LogP contribution in [0.4, 0.5) is 51.2 Å². The maximum Gasteiger partial charge on any atom is 0.0720 e. The predicted octanol–water partition coefficient (Wildman–Crippen LogP) is 24.4. The van der Waals surface area contributed by atoms with Crippen LogP contribution in [0.25, 0.3) is 76.5 Å². The van der Waals surface area contributed by atoms with Crippen molar-refractivity contribution in [3.05, 3.63) is 392 Å². The average molecular weight is 1170 g/mol. The van der Waals surface area contributed by atoms with Gasteiger partial charge >= 0.3 is 0 Å². The molecule has 0 aliphatic heterocycles. The summed E-state index contributed by atoms with van der Waals surface area (Å²) in [6.07, 6.45) is 0. The fourth-order valence-corrected chi connectivity index (χ4v) is 14.8. The van der Waals surface area contributed by atoms with Crippen LogP contribution >= 0.6 is 0 Å². The summed E-state index contributed by atoms with van der Waals surface area (Å²) in [5.41, 5.74) is 20.7. The lowest BCUT2D eigenvalue weighted by molar-refractivity contribution is 0.775. The smallest absolute Gasteiger partial charge is 0.0720 e. The topological polar surface area (TPSA) is 9.72 Å². The number of fused-ring (bicyclic) bond motifs is 8. The molecule has 0 amide bonds. The van der Waals surface area contributed by atoms with Gasteiger partial charge < -0.3 is 14.7 Å². The van der Waals surface area contributed by atoms with E-state index in [0.717, 1.165) is 67.9 Å². The average Bonchev–Trinajstić information content (AvgIpc) is 1.52. The third kappa shape index (κ3) is 9.21. The molecular weight excluding hydrogens is 1110 g/mol. The number of rotatable bonds is 13. The lowest BCUT2D eigenvalue weighted by Gasteiger charge is -2.35. The first kappa shape index (κ1) is 54.1. The molecule has 1 aliphatic rings. The summed E-state index contributed by atoms with van der Waals surface area (Å²) in [7, 11) is 0. The van der Waals surface area contributed by atoms with Gasteiger partial charge in [0.05, 0.1) is 11.1 Å². The number of hydrogen-bond acceptors (Lipinski definition) is 3. The molecule has 0 saturated heterocycles. The van der Waals surface area contributed by atoms with Crippen molar-refractivity contribution >= 4 is 94.3 Å². The van der Waals surface area contributed by atoms with Gasteiger partial charge in [0.15, 0.2) is 0 Å². The van der Waals surface area contributed by atoms with Gasteiger partial charge in [-0.05, 0) is 196 Å². The van der Waals surface area contributed by atoms with Crippen molar-refractivity contribution in [1.29, 1.82) is 0 Å². The molecule has 1 aliphatic carbocycles. The second kappa shape index (κ2) is 22.8. The third-order valence-corrected chi connectivity index (χ3v) is 18.7. The van der Waals surface area contributed by atoms with E-state index in [2.05, 4.69) is 385 Å². The molecule has 0 spiro atoms. The Balaban J connectivity index is 0.899. The van der Waals surface area contributed by atoms with E-state index >= 15 is 0 Å². The number of benzene rings is 16. The normalized spacial score (nSPS) is 12.2. The van der Waals surface area contributed by atoms with Crippen LogP contribution in [-0.4, -0.2) is 0 Å². The minimum Gasteiger partial charge on any atom is -0.310 e. The zero-order valence-electron chi connectivity index (χ0n) is 50.6. The van der Waals surface area contributed by atoms with Crippen molar-refractivity contribution in [1.82, 2.24) is 0 Å². The summed E-state index contributed by atoms with van der Waals surface area (Å²) in [6.45, 7) is 0. The molecule has 16 aromatic rings. The Morgan fingerprint density at radius 1 is 0.207 bits per heavy atom. The molecule has 0 radical (unpaired) electrons. The predicted molar refractivity (Wildman–Crippen MR) is 389 cm³/mol. The monoisotopic (exact) mass is 1170 g/mol. The molecule has 432 valence electrons. The van der Waals surface area contributed by atoms with Crippen LogP contribution in [0.1, 0.15) is 22.3 Å². The first-order valence-corrected chi connectivity index (χ1v) is 31.7. The van der Waals surface area contributed by atoms with Gasteiger partial charge in [-0.25, -0.2) is 0 Å². The first-order valence-electron chi connectivity index (χ1n) is 31.7. The maximum absolute atomic E-state index is 2.51. The highest BCUT2D eigenvalue weighted by molar-refractivity contribution is 6.13. The van der Waals surface area contributed by atoms with Crippen LogP contribution in [0.2, 0.25) is 0 Å². The van der Waals surface area contributed by atoms with E-state index in [0.29, 0.717) is 0 Å². The fraction of sp³-hybridized carbons (Fsp3) is 0.0112. The fourth-order valence-electron chi connectivity index (χ4n) is 14.8. The van der Waals surface area contributed by atoms with E-state index in [1.54, 1.807) is 0 Å². The standard InChI is InChI=1S/C89H61N3/c1-6-33-70(34-7-1)89(71-35-8-2-9-36-71)84-49-26-50-85(87(84)83-54-53-63-28-18-23-48-82(63)88(83)89)92(74-41-14-5-15-42-74)79-59-69(65-52-51-62-27-16-17-29-64(62)55-65)58-78(61-79)91(73-39-12-4-13-40-73)77-45-25-44-76(60-77)90(72-37-10-3-11-38-72)75-43-24-32-68(57-75)86-80-46-21-19-30-66(80)56-67-31-20-22-47-81(67)86/h1-61H. The van der Waals surface area contributed by atoms with Gasteiger partial charge in [-0.15, -0.1) is 0 Å². The third-order valence-electron chi connectivity index (χ3n) is 18.7. The Hall–Kier alpha value is -12.0. The van der Waals surface area contributed by atoms with Gasteiger partial charge in [0.1, 0.15) is 0 Å².